The smallest absolute Gasteiger partial charge is 0.356 e. The molecule has 9 aromatic carbocycles. The summed E-state index contributed by atoms with van der Waals surface area (Å²) < 4.78 is 52.8. The molecule has 1 fully saturated rings. The molecular weight excluding hydrogens is 1920 g/mol. The lowest BCUT2D eigenvalue weighted by molar-refractivity contribution is 0.0196. The molecule has 708 valence electrons. The second-order valence-corrected chi connectivity index (χ2v) is 39.3. The molecule has 25 rings (SSSR count). The van der Waals surface area contributed by atoms with Gasteiger partial charge in [0.1, 0.15) is 104 Å². The van der Waals surface area contributed by atoms with Crippen LogP contribution >= 0.6 is 31.9 Å². The number of allylic oxidation sites excluding steroid dienone is 3. The van der Waals surface area contributed by atoms with Gasteiger partial charge in [0, 0.05) is 104 Å². The maximum absolute atomic E-state index is 13.6. The van der Waals surface area contributed by atoms with Crippen molar-refractivity contribution in [2.45, 2.75) is 153 Å². The van der Waals surface area contributed by atoms with E-state index in [1.165, 1.54) is 79.3 Å². The number of benzene rings is 9. The van der Waals surface area contributed by atoms with Crippen molar-refractivity contribution in [2.24, 2.45) is 13.0 Å². The molecular formula is C102H91Br2N15O20. The Balaban J connectivity index is 0.000000104. The number of ether oxygens (including phenoxy) is 5. The summed E-state index contributed by atoms with van der Waals surface area (Å²) in [6.45, 7) is 16.2. The Labute approximate surface area is 804 Å². The minimum Gasteiger partial charge on any atom is -0.508 e. The lowest BCUT2D eigenvalue weighted by Gasteiger charge is -2.45. The molecule has 35 nitrogen and oxygen atoms in total. The molecule has 1 spiro atoms. The fraction of sp³-hybridized carbons (Fsp3) is 0.255. The number of nitrogens with zero attached hydrogens (tertiary/aromatic N) is 15. The van der Waals surface area contributed by atoms with Crippen LogP contribution in [0.15, 0.2) is 310 Å². The first-order chi connectivity index (χ1) is 66.3. The zero-order chi connectivity index (χ0) is 97.6. The quantitative estimate of drug-likeness (QED) is 0.102. The number of aromatic nitrogens is 15. The number of phenols is 5. The van der Waals surface area contributed by atoms with Gasteiger partial charge in [0.2, 0.25) is 0 Å². The number of rotatable bonds is 4. The Morgan fingerprint density at radius 2 is 0.734 bits per heavy atom. The molecule has 5 N–H and O–H groups in total. The summed E-state index contributed by atoms with van der Waals surface area (Å²) >= 11 is 6.77. The lowest BCUT2D eigenvalue weighted by Crippen LogP contribution is -2.50. The van der Waals surface area contributed by atoms with Crippen LogP contribution in [-0.4, -0.2) is 117 Å². The first-order valence-electron chi connectivity index (χ1n) is 45.0. The van der Waals surface area contributed by atoms with Gasteiger partial charge in [0.15, 0.2) is 0 Å². The molecule has 9 aliphatic heterocycles. The second-order valence-electron chi connectivity index (χ2n) is 37.5. The SMILES string of the molecule is CC1(C)Oc2cc(O)ccc2C2C1=CCn1c(=O)n(-c3ccc(Br)cc3)c(=O)n12.CC1(C)Oc2cc(O)ccc2C2C1=CCn1c(=O)n(-c3ccccc3)c(=O)n12.CC1(C)Oc2cc(O)ccc2C2C1C=Cn1c(=O)n(-c3ccccc3)c(=O)n12.Cn1c(=O)n2ccc3c(n2c1=O)-c1ccc(O)cc1OC3(C)C.O=c1n(-c2ccc(Br)cc2)c(=O)n2n1CC=C1C2c2ccc(O)cc2OC12CCCC2. The average Bonchev–Trinajstić information content (AvgIpc) is 1.56. The van der Waals surface area contributed by atoms with Gasteiger partial charge in [-0.2, -0.15) is 4.52 Å². The van der Waals surface area contributed by atoms with E-state index in [0.717, 1.165) is 83.7 Å². The highest BCUT2D eigenvalue weighted by molar-refractivity contribution is 9.10. The number of hydrogen-bond donors (Lipinski definition) is 5. The Bertz CT molecular complexity index is 8490. The van der Waals surface area contributed by atoms with E-state index < -0.39 is 92.0 Å². The van der Waals surface area contributed by atoms with Crippen molar-refractivity contribution in [2.75, 3.05) is 0 Å². The zero-order valence-corrected chi connectivity index (χ0v) is 79.4. The van der Waals surface area contributed by atoms with Gasteiger partial charge >= 0.3 is 56.9 Å². The number of fused-ring (bicyclic) bond motifs is 26. The van der Waals surface area contributed by atoms with E-state index in [1.54, 1.807) is 187 Å². The van der Waals surface area contributed by atoms with Crippen molar-refractivity contribution >= 4 is 38.1 Å². The molecule has 37 heteroatoms. The Kier molecular flexibility index (Phi) is 21.1. The van der Waals surface area contributed by atoms with Gasteiger partial charge in [-0.15, -0.1) is 0 Å². The maximum atomic E-state index is 13.6. The third-order valence-electron chi connectivity index (χ3n) is 27.5. The van der Waals surface area contributed by atoms with Crippen LogP contribution in [0.3, 0.4) is 0 Å². The third kappa shape index (κ3) is 14.4. The van der Waals surface area contributed by atoms with E-state index >= 15 is 0 Å². The van der Waals surface area contributed by atoms with Crippen molar-refractivity contribution in [3.63, 3.8) is 0 Å². The number of aromatic hydroxyl groups is 5. The Hall–Kier alpha value is -15.9. The average molecular weight is 2010 g/mol. The number of hydrogen-bond acceptors (Lipinski definition) is 20. The van der Waals surface area contributed by atoms with E-state index in [4.69, 9.17) is 23.7 Å². The van der Waals surface area contributed by atoms with Gasteiger partial charge in [-0.25, -0.2) is 113 Å². The van der Waals surface area contributed by atoms with Crippen molar-refractivity contribution in [1.29, 1.82) is 0 Å². The third-order valence-corrected chi connectivity index (χ3v) is 28.5. The Morgan fingerprint density at radius 3 is 1.19 bits per heavy atom. The fourth-order valence-corrected chi connectivity index (χ4v) is 21.6. The number of halogens is 2. The summed E-state index contributed by atoms with van der Waals surface area (Å²) in [4.78, 5) is 131. The van der Waals surface area contributed by atoms with Crippen LogP contribution in [0.25, 0.3) is 40.2 Å². The summed E-state index contributed by atoms with van der Waals surface area (Å²) in [5.74, 6) is 2.87. The zero-order valence-electron chi connectivity index (χ0n) is 76.3. The van der Waals surface area contributed by atoms with Crippen molar-refractivity contribution in [3.05, 3.63) is 395 Å². The topological polar surface area (TPSA) is 391 Å². The predicted molar refractivity (Wildman–Crippen MR) is 520 cm³/mol. The molecule has 15 heterocycles. The van der Waals surface area contributed by atoms with Crippen molar-refractivity contribution in [1.82, 2.24) is 69.3 Å². The maximum Gasteiger partial charge on any atom is 0.356 e. The van der Waals surface area contributed by atoms with Gasteiger partial charge in [-0.3, -0.25) is 0 Å². The fourth-order valence-electron chi connectivity index (χ4n) is 21.0. The molecule has 1 saturated carbocycles. The lowest BCUT2D eigenvalue weighted by atomic mass is 9.78. The van der Waals surface area contributed by atoms with Gasteiger partial charge in [-0.05, 0) is 232 Å². The van der Waals surface area contributed by atoms with E-state index in [9.17, 15) is 73.5 Å². The van der Waals surface area contributed by atoms with Crippen LogP contribution in [0, 0.1) is 5.92 Å². The van der Waals surface area contributed by atoms with Crippen molar-refractivity contribution in [3.8, 4) is 91.5 Å². The highest BCUT2D eigenvalue weighted by atomic mass is 79.9. The summed E-state index contributed by atoms with van der Waals surface area (Å²) in [5, 5.41) is 49.4. The largest absolute Gasteiger partial charge is 0.508 e. The van der Waals surface area contributed by atoms with Crippen LogP contribution < -0.4 is 80.6 Å². The summed E-state index contributed by atoms with van der Waals surface area (Å²) in [5.41, 5.74) is 2.83. The van der Waals surface area contributed by atoms with Gasteiger partial charge in [-0.1, -0.05) is 92.6 Å². The minimum atomic E-state index is -0.705. The molecule has 5 atom stereocenters. The monoisotopic (exact) mass is 2000 g/mol. The van der Waals surface area contributed by atoms with Gasteiger partial charge in [0.25, 0.3) is 0 Å². The summed E-state index contributed by atoms with van der Waals surface area (Å²) in [7, 11) is 1.44. The summed E-state index contributed by atoms with van der Waals surface area (Å²) in [6.07, 6.45) is 14.9. The van der Waals surface area contributed by atoms with E-state index in [0.29, 0.717) is 75.8 Å². The molecule has 139 heavy (non-hydrogen) atoms. The highest BCUT2D eigenvalue weighted by Crippen LogP contribution is 2.55. The van der Waals surface area contributed by atoms with Crippen LogP contribution in [0.1, 0.15) is 133 Å². The molecule has 5 unspecified atom stereocenters. The van der Waals surface area contributed by atoms with Crippen LogP contribution in [0.2, 0.25) is 0 Å². The summed E-state index contributed by atoms with van der Waals surface area (Å²) in [6, 6.07) is 56.2. The first kappa shape index (κ1) is 89.6. The van der Waals surface area contributed by atoms with Gasteiger partial charge in [0.05, 0.1) is 54.1 Å². The molecule has 1 aliphatic carbocycles. The standard InChI is InChI=1S/C23H20BrN3O4.C21H18BrN3O4.2C21H19N3O4.C16H15N3O4/c24-14-3-5-15(6-4-14)26-21(29)25-12-9-18-20(27(25)22(26)30)17-8-7-16(28)13-19(17)31-23(18)10-1-2-11-23;1-21(2)16-9-10-23-19(27)24(13-5-3-12(22)4-6-13)20(28)25(23)18(16)15-8-7-14(26)11-17(15)29-21;2*1-21(2)16-10-11-22-19(26)23(13-6-4-3-5-7-13)20(27)24(22)18(16)15-9-8-14(25)12-17(15)28-21;1-16(2)11-6-7-18-14(21)17(3)15(22)19(18)13(11)10-5-4-9(20)8-12(10)23-16/h3-9,13,20,28H,1-2,10-12H2;3-9,11,18,26H,10H2,1-2H3;3-10,12,18,25H,11H2,1-2H3;3-12,16,18,25H,1-2H3;4-8,20H,1-3H3. The first-order valence-corrected chi connectivity index (χ1v) is 46.6. The van der Waals surface area contributed by atoms with Crippen LogP contribution in [0.4, 0.5) is 0 Å². The molecule has 0 saturated heterocycles. The molecule has 10 aliphatic rings. The molecule has 15 aromatic rings. The second kappa shape index (κ2) is 32.7. The molecule has 0 radical (unpaired) electrons. The van der Waals surface area contributed by atoms with E-state index in [1.807, 2.05) is 97.9 Å². The van der Waals surface area contributed by atoms with E-state index in [2.05, 4.69) is 37.9 Å². The van der Waals surface area contributed by atoms with Crippen molar-refractivity contribution < 1.29 is 49.2 Å². The number of para-hydroxylation sites is 2. The molecule has 0 amide bonds. The highest BCUT2D eigenvalue weighted by Gasteiger charge is 2.53. The molecule has 6 aromatic heterocycles. The Morgan fingerprint density at radius 1 is 0.360 bits per heavy atom. The predicted octanol–water partition coefficient (Wildman–Crippen LogP) is 12.1. The normalized spacial score (nSPS) is 19.2. The minimum absolute atomic E-state index is 0.0766. The number of phenolic OH excluding ortho intramolecular Hbond substituents is 5. The molecule has 0 bridgehead atoms. The van der Waals surface area contributed by atoms with Crippen LogP contribution in [-0.2, 0) is 32.3 Å². The van der Waals surface area contributed by atoms with E-state index in [-0.39, 0.29) is 58.3 Å². The van der Waals surface area contributed by atoms with Crippen LogP contribution in [0.5, 0.6) is 57.5 Å². The van der Waals surface area contributed by atoms with Gasteiger partial charge < -0.3 is 49.2 Å².